The molecule has 5 nitrogen and oxygen atoms in total. The van der Waals surface area contributed by atoms with Gasteiger partial charge in [-0.1, -0.05) is 25.4 Å². The number of hydrogen-bond donors (Lipinski definition) is 2. The van der Waals surface area contributed by atoms with Crippen molar-refractivity contribution in [3.8, 4) is 0 Å². The lowest BCUT2D eigenvalue weighted by molar-refractivity contribution is 0.0699. The van der Waals surface area contributed by atoms with Crippen molar-refractivity contribution in [3.05, 3.63) is 22.2 Å². The minimum Gasteiger partial charge on any atom is -0.478 e. The first-order valence-electron chi connectivity index (χ1n) is 5.88. The molecule has 0 aliphatic heterocycles. The Morgan fingerprint density at radius 2 is 2.11 bits per heavy atom. The fraction of sp³-hybridized carbons (Fsp3) is 0.417. The number of nitrogens with one attached hydrogen (secondary N) is 1. The van der Waals surface area contributed by atoms with E-state index in [4.69, 9.17) is 11.6 Å². The van der Waals surface area contributed by atoms with E-state index >= 15 is 0 Å². The quantitative estimate of drug-likeness (QED) is 0.893. The van der Waals surface area contributed by atoms with Gasteiger partial charge in [0.05, 0.1) is 11.1 Å². The molecule has 2 N–H and O–H groups in total. The summed E-state index contributed by atoms with van der Waals surface area (Å²) in [6.07, 6.45) is 2.35. The van der Waals surface area contributed by atoms with E-state index in [1.165, 1.54) is 0 Å². The SMILES string of the molecule is CCCc1nc(CC)c2c(C(=O)O)c(Cl)[nH]c2n1. The number of carboxylic acids is 1. The highest BCUT2D eigenvalue weighted by Gasteiger charge is 2.21. The van der Waals surface area contributed by atoms with Crippen LogP contribution in [0, 0.1) is 0 Å². The number of aromatic carboxylic acids is 1. The highest BCUT2D eigenvalue weighted by atomic mass is 35.5. The van der Waals surface area contributed by atoms with Crippen LogP contribution in [-0.4, -0.2) is 26.0 Å². The van der Waals surface area contributed by atoms with Crippen molar-refractivity contribution in [1.29, 1.82) is 0 Å². The molecule has 2 aromatic rings. The zero-order valence-electron chi connectivity index (χ0n) is 10.2. The average molecular weight is 268 g/mol. The number of nitrogens with zero attached hydrogens (tertiary/aromatic N) is 2. The fourth-order valence-electron chi connectivity index (χ4n) is 1.98. The predicted octanol–water partition coefficient (Wildman–Crippen LogP) is 2.82. The molecule has 18 heavy (non-hydrogen) atoms. The van der Waals surface area contributed by atoms with Crippen molar-refractivity contribution >= 4 is 28.6 Å². The lowest BCUT2D eigenvalue weighted by Gasteiger charge is -2.04. The number of carboxylic acid groups (broad SMARTS) is 1. The van der Waals surface area contributed by atoms with Gasteiger partial charge in [0.25, 0.3) is 0 Å². The van der Waals surface area contributed by atoms with Crippen molar-refractivity contribution in [2.45, 2.75) is 33.1 Å². The fourth-order valence-corrected chi connectivity index (χ4v) is 2.24. The topological polar surface area (TPSA) is 78.9 Å². The van der Waals surface area contributed by atoms with Gasteiger partial charge >= 0.3 is 5.97 Å². The molecule has 2 rings (SSSR count). The number of aromatic amines is 1. The third kappa shape index (κ3) is 2.06. The van der Waals surface area contributed by atoms with Crippen molar-refractivity contribution in [2.75, 3.05) is 0 Å². The van der Waals surface area contributed by atoms with E-state index in [2.05, 4.69) is 15.0 Å². The second-order valence-corrected chi connectivity index (χ2v) is 4.41. The molecular formula is C12H14ClN3O2. The molecular weight excluding hydrogens is 254 g/mol. The van der Waals surface area contributed by atoms with Gasteiger partial charge in [-0.15, -0.1) is 0 Å². The minimum atomic E-state index is -1.06. The van der Waals surface area contributed by atoms with Crippen LogP contribution in [0.1, 0.15) is 42.1 Å². The second-order valence-electron chi connectivity index (χ2n) is 4.03. The van der Waals surface area contributed by atoms with Crippen molar-refractivity contribution < 1.29 is 9.90 Å². The maximum absolute atomic E-state index is 11.2. The number of carbonyl (C=O) groups is 1. The Labute approximate surface area is 109 Å². The van der Waals surface area contributed by atoms with E-state index in [1.807, 2.05) is 13.8 Å². The molecule has 96 valence electrons. The summed E-state index contributed by atoms with van der Waals surface area (Å²) in [5.74, 6) is -0.343. The molecule has 0 aliphatic carbocycles. The zero-order chi connectivity index (χ0) is 13.3. The molecule has 6 heteroatoms. The summed E-state index contributed by atoms with van der Waals surface area (Å²) in [7, 11) is 0. The van der Waals surface area contributed by atoms with Gasteiger partial charge in [-0.3, -0.25) is 0 Å². The van der Waals surface area contributed by atoms with Crippen molar-refractivity contribution in [1.82, 2.24) is 15.0 Å². The lowest BCUT2D eigenvalue weighted by Crippen LogP contribution is -2.03. The molecule has 0 bridgehead atoms. The third-order valence-electron chi connectivity index (χ3n) is 2.75. The lowest BCUT2D eigenvalue weighted by atomic mass is 10.1. The summed E-state index contributed by atoms with van der Waals surface area (Å²) < 4.78 is 0. The number of aromatic nitrogens is 3. The van der Waals surface area contributed by atoms with Gasteiger partial charge in [-0.2, -0.15) is 0 Å². The van der Waals surface area contributed by atoms with Gasteiger partial charge in [0.15, 0.2) is 0 Å². The van der Waals surface area contributed by atoms with Crippen LogP contribution in [-0.2, 0) is 12.8 Å². The molecule has 0 unspecified atom stereocenters. The summed E-state index contributed by atoms with van der Waals surface area (Å²) >= 11 is 5.92. The molecule has 2 heterocycles. The standard InChI is InChI=1S/C12H14ClN3O2/c1-3-5-7-14-6(4-2)8-9(12(17)18)10(13)16-11(8)15-7/h3-5H2,1-2H3,(H,17,18)(H,14,15,16). The van der Waals surface area contributed by atoms with Crippen LogP contribution >= 0.6 is 11.6 Å². The molecule has 0 spiro atoms. The molecule has 0 amide bonds. The van der Waals surface area contributed by atoms with Crippen LogP contribution in [0.25, 0.3) is 11.0 Å². The second kappa shape index (κ2) is 4.94. The Kier molecular flexibility index (Phi) is 3.52. The molecule has 0 radical (unpaired) electrons. The first kappa shape index (κ1) is 12.8. The van der Waals surface area contributed by atoms with E-state index in [-0.39, 0.29) is 10.7 Å². The molecule has 2 aromatic heterocycles. The molecule has 0 aromatic carbocycles. The number of H-pyrrole nitrogens is 1. The van der Waals surface area contributed by atoms with Gasteiger partial charge in [0, 0.05) is 6.42 Å². The molecule has 0 saturated heterocycles. The Balaban J connectivity index is 2.75. The van der Waals surface area contributed by atoms with Crippen LogP contribution in [0.4, 0.5) is 0 Å². The highest BCUT2D eigenvalue weighted by Crippen LogP contribution is 2.27. The number of aryl methyl sites for hydroxylation is 2. The largest absolute Gasteiger partial charge is 0.478 e. The Morgan fingerprint density at radius 3 is 2.67 bits per heavy atom. The van der Waals surface area contributed by atoms with E-state index in [0.717, 1.165) is 24.4 Å². The van der Waals surface area contributed by atoms with Crippen molar-refractivity contribution in [2.24, 2.45) is 0 Å². The molecule has 0 fully saturated rings. The van der Waals surface area contributed by atoms with Gasteiger partial charge < -0.3 is 10.1 Å². The summed E-state index contributed by atoms with van der Waals surface area (Å²) in [6.45, 7) is 3.98. The van der Waals surface area contributed by atoms with Gasteiger partial charge in [0.2, 0.25) is 0 Å². The minimum absolute atomic E-state index is 0.0616. The number of hydrogen-bond acceptors (Lipinski definition) is 3. The van der Waals surface area contributed by atoms with Crippen molar-refractivity contribution in [3.63, 3.8) is 0 Å². The molecule has 0 aliphatic rings. The normalized spacial score (nSPS) is 11.1. The van der Waals surface area contributed by atoms with Gasteiger partial charge in [0.1, 0.15) is 22.2 Å². The number of fused-ring (bicyclic) bond motifs is 1. The average Bonchev–Trinajstić information content (AvgIpc) is 2.64. The predicted molar refractivity (Wildman–Crippen MR) is 69.2 cm³/mol. The summed E-state index contributed by atoms with van der Waals surface area (Å²) in [4.78, 5) is 22.8. The molecule has 0 saturated carbocycles. The van der Waals surface area contributed by atoms with Gasteiger partial charge in [-0.25, -0.2) is 14.8 Å². The number of rotatable bonds is 4. The Morgan fingerprint density at radius 1 is 1.39 bits per heavy atom. The smallest absolute Gasteiger partial charge is 0.339 e. The Hall–Kier alpha value is -1.62. The maximum Gasteiger partial charge on any atom is 0.339 e. The first-order chi connectivity index (χ1) is 8.58. The third-order valence-corrected chi connectivity index (χ3v) is 3.03. The van der Waals surface area contributed by atoms with E-state index in [9.17, 15) is 9.90 Å². The summed E-state index contributed by atoms with van der Waals surface area (Å²) in [6, 6.07) is 0. The molecule has 0 atom stereocenters. The van der Waals surface area contributed by atoms with E-state index in [1.54, 1.807) is 0 Å². The van der Waals surface area contributed by atoms with Crippen LogP contribution in [0.5, 0.6) is 0 Å². The monoisotopic (exact) mass is 267 g/mol. The number of halogens is 1. The first-order valence-corrected chi connectivity index (χ1v) is 6.26. The van der Waals surface area contributed by atoms with Crippen LogP contribution in [0.15, 0.2) is 0 Å². The summed E-state index contributed by atoms with van der Waals surface area (Å²) in [5, 5.41) is 9.81. The summed E-state index contributed by atoms with van der Waals surface area (Å²) in [5.41, 5.74) is 1.29. The maximum atomic E-state index is 11.2. The van der Waals surface area contributed by atoms with Gasteiger partial charge in [-0.05, 0) is 12.8 Å². The zero-order valence-corrected chi connectivity index (χ0v) is 11.0. The van der Waals surface area contributed by atoms with E-state index < -0.39 is 5.97 Å². The van der Waals surface area contributed by atoms with Crippen LogP contribution in [0.3, 0.4) is 0 Å². The van der Waals surface area contributed by atoms with E-state index in [0.29, 0.717) is 17.5 Å². The van der Waals surface area contributed by atoms with Crippen LogP contribution in [0.2, 0.25) is 5.15 Å². The Bertz CT molecular complexity index is 607. The highest BCUT2D eigenvalue weighted by molar-refractivity contribution is 6.34. The van der Waals surface area contributed by atoms with Crippen LogP contribution < -0.4 is 0 Å².